The molecule has 0 saturated carbocycles. The molecule has 0 fully saturated rings. The number of aryl methyl sites for hydroxylation is 1. The Hall–Kier alpha value is -2.10. The second kappa shape index (κ2) is 10.9. The molecule has 0 saturated heterocycles. The smallest absolute Gasteiger partial charge is 0.191 e. The summed E-state index contributed by atoms with van der Waals surface area (Å²) in [5.74, 6) is 0.602. The standard InChI is InChI=1S/C19H25FN6.HI/c1-2-22-19(23-7-3-10-26-11-9-21-14-26)24-8-6-15-13-25-18-12-16(20)4-5-17(15)18;/h4-5,9,11-14,25H,2-3,6-8,10H2,1H3,(H2,22,23,24);1H. The molecule has 2 aromatic heterocycles. The molecule has 0 bridgehead atoms. The first-order chi connectivity index (χ1) is 12.8. The molecule has 0 unspecified atom stereocenters. The molecule has 0 atom stereocenters. The fraction of sp³-hybridized carbons (Fsp3) is 0.368. The van der Waals surface area contributed by atoms with Crippen LogP contribution in [0.3, 0.4) is 0 Å². The Kier molecular flexibility index (Phi) is 8.56. The fourth-order valence-corrected chi connectivity index (χ4v) is 2.89. The van der Waals surface area contributed by atoms with Crippen molar-refractivity contribution in [3.05, 3.63) is 54.5 Å². The van der Waals surface area contributed by atoms with Crippen molar-refractivity contribution >= 4 is 40.8 Å². The zero-order chi connectivity index (χ0) is 18.2. The van der Waals surface area contributed by atoms with Gasteiger partial charge in [-0.15, -0.1) is 24.0 Å². The van der Waals surface area contributed by atoms with Crippen LogP contribution in [0.25, 0.3) is 10.9 Å². The summed E-state index contributed by atoms with van der Waals surface area (Å²) in [6, 6.07) is 4.85. The third-order valence-corrected chi connectivity index (χ3v) is 4.16. The molecule has 3 rings (SSSR count). The number of guanidine groups is 1. The zero-order valence-electron chi connectivity index (χ0n) is 15.4. The molecule has 8 heteroatoms. The molecule has 6 nitrogen and oxygen atoms in total. The molecule has 0 aliphatic carbocycles. The van der Waals surface area contributed by atoms with Crippen LogP contribution in [0.5, 0.6) is 0 Å². The maximum absolute atomic E-state index is 13.3. The number of aliphatic imine (C=N–C) groups is 1. The number of imidazole rings is 1. The van der Waals surface area contributed by atoms with E-state index in [-0.39, 0.29) is 29.8 Å². The summed E-state index contributed by atoms with van der Waals surface area (Å²) in [5.41, 5.74) is 2.00. The molecule has 3 N–H and O–H groups in total. The molecule has 2 heterocycles. The minimum atomic E-state index is -0.221. The lowest BCUT2D eigenvalue weighted by molar-refractivity contribution is 0.629. The van der Waals surface area contributed by atoms with Gasteiger partial charge in [-0.25, -0.2) is 9.37 Å². The van der Waals surface area contributed by atoms with E-state index in [1.165, 1.54) is 17.7 Å². The number of hydrogen-bond acceptors (Lipinski definition) is 2. The van der Waals surface area contributed by atoms with Gasteiger partial charge in [-0.2, -0.15) is 0 Å². The minimum absolute atomic E-state index is 0. The molecule has 0 aliphatic heterocycles. The quantitative estimate of drug-likeness (QED) is 0.199. The number of nitrogens with one attached hydrogen (secondary N) is 3. The summed E-state index contributed by atoms with van der Waals surface area (Å²) in [6.45, 7) is 5.29. The van der Waals surface area contributed by atoms with E-state index < -0.39 is 0 Å². The lowest BCUT2D eigenvalue weighted by Crippen LogP contribution is -2.38. The normalized spacial score (nSPS) is 11.4. The summed E-state index contributed by atoms with van der Waals surface area (Å²) >= 11 is 0. The van der Waals surface area contributed by atoms with Gasteiger partial charge in [0.1, 0.15) is 5.82 Å². The van der Waals surface area contributed by atoms with Gasteiger partial charge < -0.3 is 20.2 Å². The van der Waals surface area contributed by atoms with E-state index in [9.17, 15) is 4.39 Å². The number of aromatic amines is 1. The van der Waals surface area contributed by atoms with Crippen LogP contribution in [0.4, 0.5) is 4.39 Å². The van der Waals surface area contributed by atoms with Crippen LogP contribution >= 0.6 is 24.0 Å². The lowest BCUT2D eigenvalue weighted by atomic mass is 10.1. The van der Waals surface area contributed by atoms with E-state index in [1.807, 2.05) is 24.8 Å². The Morgan fingerprint density at radius 1 is 1.33 bits per heavy atom. The molecule has 0 aliphatic rings. The molecule has 1 aromatic carbocycles. The fourth-order valence-electron chi connectivity index (χ4n) is 2.89. The molecular weight excluding hydrogens is 458 g/mol. The van der Waals surface area contributed by atoms with Gasteiger partial charge in [0.2, 0.25) is 0 Å². The van der Waals surface area contributed by atoms with Crippen molar-refractivity contribution in [2.75, 3.05) is 19.6 Å². The number of benzene rings is 1. The van der Waals surface area contributed by atoms with Crippen LogP contribution in [0, 0.1) is 5.82 Å². The predicted molar refractivity (Wildman–Crippen MR) is 118 cm³/mol. The topological polar surface area (TPSA) is 70.0 Å². The van der Waals surface area contributed by atoms with Crippen molar-refractivity contribution < 1.29 is 4.39 Å². The highest BCUT2D eigenvalue weighted by atomic mass is 127. The van der Waals surface area contributed by atoms with Gasteiger partial charge in [0.05, 0.1) is 6.33 Å². The van der Waals surface area contributed by atoms with Crippen molar-refractivity contribution in [3.8, 4) is 0 Å². The van der Waals surface area contributed by atoms with Crippen LogP contribution in [-0.2, 0) is 13.0 Å². The van der Waals surface area contributed by atoms with Crippen molar-refractivity contribution in [1.29, 1.82) is 0 Å². The van der Waals surface area contributed by atoms with E-state index in [4.69, 9.17) is 0 Å². The Bertz CT molecular complexity index is 843. The largest absolute Gasteiger partial charge is 0.361 e. The van der Waals surface area contributed by atoms with Crippen LogP contribution in [0.2, 0.25) is 0 Å². The summed E-state index contributed by atoms with van der Waals surface area (Å²) in [5, 5.41) is 7.69. The number of fused-ring (bicyclic) bond motifs is 1. The number of halogens is 2. The Morgan fingerprint density at radius 2 is 2.22 bits per heavy atom. The molecule has 0 radical (unpaired) electrons. The van der Waals surface area contributed by atoms with Crippen molar-refractivity contribution in [1.82, 2.24) is 25.2 Å². The van der Waals surface area contributed by atoms with E-state index in [2.05, 4.69) is 37.1 Å². The Labute approximate surface area is 175 Å². The molecule has 27 heavy (non-hydrogen) atoms. The van der Waals surface area contributed by atoms with Crippen molar-refractivity contribution in [2.24, 2.45) is 4.99 Å². The second-order valence-corrected chi connectivity index (χ2v) is 6.10. The van der Waals surface area contributed by atoms with Crippen LogP contribution < -0.4 is 10.6 Å². The first-order valence-electron chi connectivity index (χ1n) is 8.99. The van der Waals surface area contributed by atoms with Crippen LogP contribution in [0.15, 0.2) is 48.1 Å². The van der Waals surface area contributed by atoms with Gasteiger partial charge >= 0.3 is 0 Å². The first kappa shape index (κ1) is 21.2. The average molecular weight is 484 g/mol. The molecule has 0 amide bonds. The maximum atomic E-state index is 13.3. The van der Waals surface area contributed by atoms with Crippen LogP contribution in [-0.4, -0.2) is 40.1 Å². The van der Waals surface area contributed by atoms with Crippen molar-refractivity contribution in [2.45, 2.75) is 26.3 Å². The maximum Gasteiger partial charge on any atom is 0.191 e. The highest BCUT2D eigenvalue weighted by Crippen LogP contribution is 2.19. The van der Waals surface area contributed by atoms with Gasteiger partial charge in [0.25, 0.3) is 0 Å². The Morgan fingerprint density at radius 3 is 3.00 bits per heavy atom. The Balaban J connectivity index is 0.00000261. The summed E-state index contributed by atoms with van der Waals surface area (Å²) in [7, 11) is 0. The molecule has 3 aromatic rings. The third kappa shape index (κ3) is 6.23. The SMILES string of the molecule is CCNC(=NCCCn1ccnc1)NCCc1c[nH]c2cc(F)ccc12.I. The monoisotopic (exact) mass is 484 g/mol. The van der Waals surface area contributed by atoms with Crippen LogP contribution in [0.1, 0.15) is 18.9 Å². The van der Waals surface area contributed by atoms with Gasteiger partial charge in [0, 0.05) is 55.7 Å². The highest BCUT2D eigenvalue weighted by molar-refractivity contribution is 14.0. The molecular formula is C19H26FIN6. The zero-order valence-corrected chi connectivity index (χ0v) is 17.7. The highest BCUT2D eigenvalue weighted by Gasteiger charge is 2.05. The van der Waals surface area contributed by atoms with E-state index in [1.54, 1.807) is 6.20 Å². The van der Waals surface area contributed by atoms with E-state index >= 15 is 0 Å². The second-order valence-electron chi connectivity index (χ2n) is 6.10. The predicted octanol–water partition coefficient (Wildman–Crippen LogP) is 3.31. The summed E-state index contributed by atoms with van der Waals surface area (Å²) in [4.78, 5) is 11.8. The summed E-state index contributed by atoms with van der Waals surface area (Å²) in [6.07, 6.45) is 9.31. The number of nitrogens with zero attached hydrogens (tertiary/aromatic N) is 3. The van der Waals surface area contributed by atoms with Gasteiger partial charge in [-0.3, -0.25) is 4.99 Å². The lowest BCUT2D eigenvalue weighted by Gasteiger charge is -2.11. The van der Waals surface area contributed by atoms with Gasteiger partial charge in [-0.1, -0.05) is 0 Å². The summed E-state index contributed by atoms with van der Waals surface area (Å²) < 4.78 is 15.3. The first-order valence-corrected chi connectivity index (χ1v) is 8.99. The number of hydrogen-bond donors (Lipinski definition) is 3. The number of aromatic nitrogens is 3. The average Bonchev–Trinajstić information content (AvgIpc) is 3.28. The van der Waals surface area contributed by atoms with E-state index in [0.717, 1.165) is 55.9 Å². The molecule has 0 spiro atoms. The van der Waals surface area contributed by atoms with Gasteiger partial charge in [-0.05, 0) is 43.5 Å². The molecule has 146 valence electrons. The number of rotatable bonds is 8. The number of H-pyrrole nitrogens is 1. The van der Waals surface area contributed by atoms with E-state index in [0.29, 0.717) is 0 Å². The van der Waals surface area contributed by atoms with Crippen molar-refractivity contribution in [3.63, 3.8) is 0 Å². The minimum Gasteiger partial charge on any atom is -0.361 e. The van der Waals surface area contributed by atoms with Gasteiger partial charge in [0.15, 0.2) is 5.96 Å². The third-order valence-electron chi connectivity index (χ3n) is 4.16.